The number of carbonyl (C=O) groups is 2. The van der Waals surface area contributed by atoms with Gasteiger partial charge in [0.25, 0.3) is 0 Å². The molecule has 1 rings (SSSR count). The molecule has 0 saturated heterocycles. The molecule has 6 nitrogen and oxygen atoms in total. The smallest absolute Gasteiger partial charge is 0.411 e. The van der Waals surface area contributed by atoms with E-state index in [1.54, 1.807) is 27.7 Å². The molecule has 1 aliphatic heterocycles. The summed E-state index contributed by atoms with van der Waals surface area (Å²) in [5.74, 6) is 0.179. The van der Waals surface area contributed by atoms with Crippen LogP contribution in [0.2, 0.25) is 19.6 Å². The number of rotatable bonds is 3. The highest BCUT2D eigenvalue weighted by atomic mass is 28.4. The van der Waals surface area contributed by atoms with Crippen molar-refractivity contribution in [1.29, 1.82) is 0 Å². The lowest BCUT2D eigenvalue weighted by atomic mass is 10.1. The van der Waals surface area contributed by atoms with E-state index in [1.807, 2.05) is 0 Å². The van der Waals surface area contributed by atoms with Crippen molar-refractivity contribution < 1.29 is 23.5 Å². The lowest BCUT2D eigenvalue weighted by molar-refractivity contribution is -0.144. The van der Waals surface area contributed by atoms with E-state index in [1.165, 1.54) is 12.0 Å². The van der Waals surface area contributed by atoms with Gasteiger partial charge in [-0.25, -0.2) is 9.59 Å². The summed E-state index contributed by atoms with van der Waals surface area (Å²) in [6.07, 6.45) is -0.545. The second kappa shape index (κ2) is 6.32. The van der Waals surface area contributed by atoms with Crippen molar-refractivity contribution in [2.75, 3.05) is 13.7 Å². The highest BCUT2D eigenvalue weighted by Gasteiger charge is 2.42. The molecule has 0 N–H and O–H groups in total. The van der Waals surface area contributed by atoms with Gasteiger partial charge in [-0.1, -0.05) is 0 Å². The van der Waals surface area contributed by atoms with Crippen LogP contribution >= 0.6 is 0 Å². The maximum atomic E-state index is 12.4. The molecule has 22 heavy (non-hydrogen) atoms. The summed E-state index contributed by atoms with van der Waals surface area (Å²) in [6.45, 7) is 13.5. The predicted molar refractivity (Wildman–Crippen MR) is 85.9 cm³/mol. The van der Waals surface area contributed by atoms with Crippen LogP contribution in [-0.4, -0.2) is 50.6 Å². The number of ether oxygens (including phenoxy) is 2. The molecule has 126 valence electrons. The van der Waals surface area contributed by atoms with Crippen LogP contribution in [0.15, 0.2) is 11.3 Å². The van der Waals surface area contributed by atoms with Crippen molar-refractivity contribution >= 4 is 20.4 Å². The van der Waals surface area contributed by atoms with Gasteiger partial charge in [-0.2, -0.15) is 0 Å². The molecule has 1 heterocycles. The fourth-order valence-corrected chi connectivity index (χ4v) is 3.11. The monoisotopic (exact) mass is 329 g/mol. The first-order valence-electron chi connectivity index (χ1n) is 7.32. The van der Waals surface area contributed by atoms with E-state index in [4.69, 9.17) is 13.9 Å². The highest BCUT2D eigenvalue weighted by Crippen LogP contribution is 2.29. The first-order chi connectivity index (χ1) is 9.85. The minimum atomic E-state index is -1.84. The molecule has 7 heteroatoms. The number of hydrogen-bond acceptors (Lipinski definition) is 5. The summed E-state index contributed by atoms with van der Waals surface area (Å²) >= 11 is 0. The lowest BCUT2D eigenvalue weighted by Crippen LogP contribution is -2.45. The average molecular weight is 329 g/mol. The van der Waals surface area contributed by atoms with E-state index < -0.39 is 32.0 Å². The largest absolute Gasteiger partial charge is 0.546 e. The zero-order valence-electron chi connectivity index (χ0n) is 14.8. The summed E-state index contributed by atoms with van der Waals surface area (Å²) in [7, 11) is -0.533. The minimum absolute atomic E-state index is 0.227. The van der Waals surface area contributed by atoms with Crippen molar-refractivity contribution in [3.63, 3.8) is 0 Å². The molecule has 0 bridgehead atoms. The standard InChI is InChI=1S/C15H27NO5Si/c1-10-11(21-22(6,7)8)9-16(12(10)13(17)19-5)14(18)20-15(2,3)4/h12H,9H2,1-8H3/t12-/m0/s1. The van der Waals surface area contributed by atoms with Gasteiger partial charge < -0.3 is 13.9 Å². The van der Waals surface area contributed by atoms with Crippen LogP contribution in [0.25, 0.3) is 0 Å². The van der Waals surface area contributed by atoms with Crippen LogP contribution in [0.5, 0.6) is 0 Å². The average Bonchev–Trinajstić information content (AvgIpc) is 2.62. The maximum Gasteiger partial charge on any atom is 0.411 e. The van der Waals surface area contributed by atoms with Gasteiger partial charge in [0.2, 0.25) is 8.32 Å². The Balaban J connectivity index is 3.05. The zero-order valence-corrected chi connectivity index (χ0v) is 15.8. The normalized spacial score (nSPS) is 19.3. The van der Waals surface area contributed by atoms with Crippen LogP contribution < -0.4 is 0 Å². The summed E-state index contributed by atoms with van der Waals surface area (Å²) in [6, 6.07) is -0.786. The Morgan fingerprint density at radius 3 is 2.18 bits per heavy atom. The van der Waals surface area contributed by atoms with Crippen LogP contribution in [0.4, 0.5) is 4.79 Å². The van der Waals surface area contributed by atoms with E-state index in [-0.39, 0.29) is 6.54 Å². The van der Waals surface area contributed by atoms with Gasteiger partial charge in [-0.05, 0) is 52.9 Å². The minimum Gasteiger partial charge on any atom is -0.546 e. The van der Waals surface area contributed by atoms with Crippen molar-refractivity contribution in [3.05, 3.63) is 11.3 Å². The van der Waals surface area contributed by atoms with Gasteiger partial charge >= 0.3 is 12.1 Å². The molecule has 0 unspecified atom stereocenters. The summed E-state index contributed by atoms with van der Waals surface area (Å²) in [5.41, 5.74) is 0.0775. The van der Waals surface area contributed by atoms with Gasteiger partial charge in [-0.15, -0.1) is 0 Å². The Bertz CT molecular complexity index is 487. The molecule has 0 saturated carbocycles. The third-order valence-electron chi connectivity index (χ3n) is 2.96. The molecule has 0 aromatic carbocycles. The number of esters is 1. The number of amides is 1. The molecule has 0 radical (unpaired) electrons. The molecule has 0 aromatic rings. The molecule has 0 spiro atoms. The van der Waals surface area contributed by atoms with E-state index in [0.717, 1.165) is 0 Å². The molecule has 1 amide bonds. The lowest BCUT2D eigenvalue weighted by Gasteiger charge is -2.28. The Hall–Kier alpha value is -1.50. The van der Waals surface area contributed by atoms with E-state index in [2.05, 4.69) is 19.6 Å². The fourth-order valence-electron chi connectivity index (χ4n) is 2.15. The summed E-state index contributed by atoms with van der Waals surface area (Å²) < 4.78 is 16.2. The third kappa shape index (κ3) is 4.76. The van der Waals surface area contributed by atoms with Crippen molar-refractivity contribution in [2.24, 2.45) is 0 Å². The molecule has 0 aromatic heterocycles. The van der Waals surface area contributed by atoms with Crippen molar-refractivity contribution in [3.8, 4) is 0 Å². The highest BCUT2D eigenvalue weighted by molar-refractivity contribution is 6.70. The molecule has 0 aliphatic carbocycles. The number of methoxy groups -OCH3 is 1. The quantitative estimate of drug-likeness (QED) is 0.588. The molecule has 0 fully saturated rings. The Kier molecular flexibility index (Phi) is 5.32. The molecule has 1 aliphatic rings. The molecular weight excluding hydrogens is 302 g/mol. The number of nitrogens with zero attached hydrogens (tertiary/aromatic N) is 1. The van der Waals surface area contributed by atoms with Gasteiger partial charge in [-0.3, -0.25) is 4.90 Å². The fraction of sp³-hybridized carbons (Fsp3) is 0.733. The van der Waals surface area contributed by atoms with Gasteiger partial charge in [0.1, 0.15) is 11.4 Å². The maximum absolute atomic E-state index is 12.4. The Morgan fingerprint density at radius 2 is 1.77 bits per heavy atom. The van der Waals surface area contributed by atoms with Crippen molar-refractivity contribution in [1.82, 2.24) is 4.90 Å². The molecule has 1 atom stereocenters. The Labute approximate surface area is 133 Å². The van der Waals surface area contributed by atoms with Gasteiger partial charge in [0, 0.05) is 0 Å². The first-order valence-corrected chi connectivity index (χ1v) is 10.7. The van der Waals surface area contributed by atoms with Crippen LogP contribution in [-0.2, 0) is 18.7 Å². The SMILES string of the molecule is COC(=O)[C@@H]1C(C)=C(O[Si](C)(C)C)CN1C(=O)OC(C)(C)C. The number of carbonyl (C=O) groups excluding carboxylic acids is 2. The van der Waals surface area contributed by atoms with Crippen molar-refractivity contribution in [2.45, 2.75) is 59.0 Å². The van der Waals surface area contributed by atoms with Gasteiger partial charge in [0.15, 0.2) is 6.04 Å². The first kappa shape index (κ1) is 18.5. The number of hydrogen-bond donors (Lipinski definition) is 0. The van der Waals surface area contributed by atoms with E-state index in [0.29, 0.717) is 11.3 Å². The summed E-state index contributed by atoms with van der Waals surface area (Å²) in [4.78, 5) is 25.8. The van der Waals surface area contributed by atoms with Gasteiger partial charge in [0.05, 0.1) is 13.7 Å². The van der Waals surface area contributed by atoms with E-state index in [9.17, 15) is 9.59 Å². The Morgan fingerprint density at radius 1 is 1.23 bits per heavy atom. The third-order valence-corrected chi connectivity index (χ3v) is 3.82. The van der Waals surface area contributed by atoms with Crippen LogP contribution in [0, 0.1) is 0 Å². The zero-order chi connectivity index (χ0) is 17.3. The second-order valence-corrected chi connectivity index (χ2v) is 11.8. The second-order valence-electron chi connectivity index (χ2n) is 7.35. The van der Waals surface area contributed by atoms with E-state index >= 15 is 0 Å². The van der Waals surface area contributed by atoms with Crippen LogP contribution in [0.3, 0.4) is 0 Å². The summed E-state index contributed by atoms with van der Waals surface area (Å²) in [5, 5.41) is 0. The predicted octanol–water partition coefficient (Wildman–Crippen LogP) is 2.90. The topological polar surface area (TPSA) is 65.1 Å². The van der Waals surface area contributed by atoms with Crippen LogP contribution in [0.1, 0.15) is 27.7 Å². The molecular formula is C15H27NO5Si.